The molecule has 0 aliphatic carbocycles. The van der Waals surface area contributed by atoms with Gasteiger partial charge in [-0.25, -0.2) is 8.42 Å². The molecule has 192 valence electrons. The molecule has 0 radical (unpaired) electrons. The predicted molar refractivity (Wildman–Crippen MR) is 139 cm³/mol. The standard InChI is InChI=1S/C25H34ClN3O5S/c1-5-27-25(31)19(3)28(18-20-13-15-21(26)16-14-20)24(30)12-9-17-29(35(4,32)33)22-10-7-8-11-23(22)34-6-2/h7-8,10-11,13-16,19H,5-6,9,12,17-18H2,1-4H3,(H,27,31). The lowest BCUT2D eigenvalue weighted by atomic mass is 10.1. The first-order valence-corrected chi connectivity index (χ1v) is 13.8. The Morgan fingerprint density at radius 3 is 2.34 bits per heavy atom. The van der Waals surface area contributed by atoms with E-state index in [0.717, 1.165) is 11.8 Å². The highest BCUT2D eigenvalue weighted by atomic mass is 35.5. The van der Waals surface area contributed by atoms with Crippen LogP contribution in [0.25, 0.3) is 0 Å². The average molecular weight is 524 g/mol. The van der Waals surface area contributed by atoms with E-state index in [1.807, 2.05) is 26.0 Å². The number of nitrogens with one attached hydrogen (secondary N) is 1. The topological polar surface area (TPSA) is 96.0 Å². The van der Waals surface area contributed by atoms with E-state index in [9.17, 15) is 18.0 Å². The number of hydrogen-bond acceptors (Lipinski definition) is 5. The van der Waals surface area contributed by atoms with Crippen molar-refractivity contribution in [1.29, 1.82) is 0 Å². The second-order valence-corrected chi connectivity index (χ2v) is 10.4. The molecule has 35 heavy (non-hydrogen) atoms. The van der Waals surface area contributed by atoms with Gasteiger partial charge in [-0.2, -0.15) is 0 Å². The number of hydrogen-bond donors (Lipinski definition) is 1. The van der Waals surface area contributed by atoms with Crippen molar-refractivity contribution in [2.75, 3.05) is 30.3 Å². The van der Waals surface area contributed by atoms with Crippen LogP contribution in [0.3, 0.4) is 0 Å². The van der Waals surface area contributed by atoms with Crippen molar-refractivity contribution >= 4 is 39.1 Å². The first-order valence-electron chi connectivity index (χ1n) is 11.6. The molecule has 2 amide bonds. The summed E-state index contributed by atoms with van der Waals surface area (Å²) in [6, 6.07) is 13.3. The number of halogens is 1. The van der Waals surface area contributed by atoms with Crippen molar-refractivity contribution in [1.82, 2.24) is 10.2 Å². The van der Waals surface area contributed by atoms with Gasteiger partial charge >= 0.3 is 0 Å². The van der Waals surface area contributed by atoms with Gasteiger partial charge in [0.25, 0.3) is 0 Å². The molecule has 0 spiro atoms. The van der Waals surface area contributed by atoms with Crippen LogP contribution >= 0.6 is 11.6 Å². The Bertz CT molecular complexity index is 1090. The van der Waals surface area contributed by atoms with Gasteiger partial charge in [-0.05, 0) is 57.0 Å². The molecule has 0 bridgehead atoms. The number of benzene rings is 2. The molecule has 0 aliphatic rings. The summed E-state index contributed by atoms with van der Waals surface area (Å²) >= 11 is 5.97. The molecule has 0 heterocycles. The minimum Gasteiger partial charge on any atom is -0.492 e. The Balaban J connectivity index is 2.18. The van der Waals surface area contributed by atoms with E-state index in [0.29, 0.717) is 29.6 Å². The van der Waals surface area contributed by atoms with Crippen LogP contribution in [0.5, 0.6) is 5.75 Å². The normalized spacial score (nSPS) is 12.0. The third-order valence-corrected chi connectivity index (χ3v) is 6.80. The van der Waals surface area contributed by atoms with E-state index in [2.05, 4.69) is 5.32 Å². The van der Waals surface area contributed by atoms with Crippen LogP contribution < -0.4 is 14.4 Å². The SMILES string of the molecule is CCNC(=O)C(C)N(Cc1ccc(Cl)cc1)C(=O)CCCN(c1ccccc1OCC)S(C)(=O)=O. The van der Waals surface area contributed by atoms with Crippen molar-refractivity contribution in [3.8, 4) is 5.75 Å². The third-order valence-electron chi connectivity index (χ3n) is 5.37. The fourth-order valence-electron chi connectivity index (χ4n) is 3.61. The number of likely N-dealkylation sites (N-methyl/N-ethyl adjacent to an activating group) is 1. The molecule has 0 aliphatic heterocycles. The van der Waals surface area contributed by atoms with Crippen LogP contribution in [-0.2, 0) is 26.2 Å². The summed E-state index contributed by atoms with van der Waals surface area (Å²) in [5.41, 5.74) is 1.26. The Morgan fingerprint density at radius 2 is 1.74 bits per heavy atom. The second-order valence-electron chi connectivity index (χ2n) is 8.06. The minimum absolute atomic E-state index is 0.0696. The van der Waals surface area contributed by atoms with Gasteiger partial charge < -0.3 is 15.0 Å². The van der Waals surface area contributed by atoms with Gasteiger partial charge in [0.2, 0.25) is 21.8 Å². The molecule has 0 saturated heterocycles. The summed E-state index contributed by atoms with van der Waals surface area (Å²) in [5, 5.41) is 3.33. The molecular weight excluding hydrogens is 490 g/mol. The zero-order chi connectivity index (χ0) is 26.0. The largest absolute Gasteiger partial charge is 0.492 e. The molecule has 0 saturated carbocycles. The molecule has 1 N–H and O–H groups in total. The minimum atomic E-state index is -3.61. The van der Waals surface area contributed by atoms with E-state index in [1.54, 1.807) is 43.3 Å². The maximum absolute atomic E-state index is 13.2. The Kier molecular flexibility index (Phi) is 10.9. The number of para-hydroxylation sites is 2. The summed E-state index contributed by atoms with van der Waals surface area (Å²) < 4.78 is 31.9. The summed E-state index contributed by atoms with van der Waals surface area (Å²) in [6.45, 7) is 6.50. The monoisotopic (exact) mass is 523 g/mol. The summed E-state index contributed by atoms with van der Waals surface area (Å²) in [4.78, 5) is 27.2. The highest BCUT2D eigenvalue weighted by Crippen LogP contribution is 2.30. The van der Waals surface area contributed by atoms with Crippen LogP contribution in [0.2, 0.25) is 5.02 Å². The third kappa shape index (κ3) is 8.43. The average Bonchev–Trinajstić information content (AvgIpc) is 2.81. The number of nitrogens with zero attached hydrogens (tertiary/aromatic N) is 2. The quantitative estimate of drug-likeness (QED) is 0.430. The fraction of sp³-hybridized carbons (Fsp3) is 0.440. The van der Waals surface area contributed by atoms with Gasteiger partial charge in [0.1, 0.15) is 11.8 Å². The zero-order valence-electron chi connectivity index (χ0n) is 20.7. The predicted octanol–water partition coefficient (Wildman–Crippen LogP) is 3.84. The van der Waals surface area contributed by atoms with Crippen molar-refractivity contribution < 1.29 is 22.7 Å². The van der Waals surface area contributed by atoms with E-state index in [4.69, 9.17) is 16.3 Å². The summed E-state index contributed by atoms with van der Waals surface area (Å²) in [7, 11) is -3.61. The zero-order valence-corrected chi connectivity index (χ0v) is 22.2. The van der Waals surface area contributed by atoms with Crippen LogP contribution in [0, 0.1) is 0 Å². The lowest BCUT2D eigenvalue weighted by Gasteiger charge is -2.29. The molecule has 2 aromatic carbocycles. The number of carbonyl (C=O) groups is 2. The van der Waals surface area contributed by atoms with Crippen molar-refractivity contribution in [3.05, 3.63) is 59.1 Å². The van der Waals surface area contributed by atoms with Gasteiger partial charge in [0.15, 0.2) is 0 Å². The van der Waals surface area contributed by atoms with Crippen molar-refractivity contribution in [3.63, 3.8) is 0 Å². The maximum Gasteiger partial charge on any atom is 0.242 e. The Morgan fingerprint density at radius 1 is 1.09 bits per heavy atom. The number of anilines is 1. The molecule has 10 heteroatoms. The van der Waals surface area contributed by atoms with Crippen LogP contribution in [0.15, 0.2) is 48.5 Å². The summed E-state index contributed by atoms with van der Waals surface area (Å²) in [5.74, 6) is -0.0376. The molecular formula is C25H34ClN3O5S. The van der Waals surface area contributed by atoms with E-state index >= 15 is 0 Å². The molecule has 1 unspecified atom stereocenters. The van der Waals surface area contributed by atoms with Crippen LogP contribution in [-0.4, -0.2) is 57.1 Å². The smallest absolute Gasteiger partial charge is 0.242 e. The van der Waals surface area contributed by atoms with Gasteiger partial charge in [-0.1, -0.05) is 35.9 Å². The molecule has 2 rings (SSSR count). The van der Waals surface area contributed by atoms with Crippen molar-refractivity contribution in [2.24, 2.45) is 0 Å². The van der Waals surface area contributed by atoms with E-state index in [-0.39, 0.29) is 37.7 Å². The van der Waals surface area contributed by atoms with Crippen molar-refractivity contribution in [2.45, 2.75) is 46.2 Å². The summed E-state index contributed by atoms with van der Waals surface area (Å²) in [6.07, 6.45) is 1.47. The van der Waals surface area contributed by atoms with Gasteiger partial charge in [-0.3, -0.25) is 13.9 Å². The maximum atomic E-state index is 13.2. The number of amides is 2. The highest BCUT2D eigenvalue weighted by molar-refractivity contribution is 7.92. The lowest BCUT2D eigenvalue weighted by molar-refractivity contribution is -0.140. The second kappa shape index (κ2) is 13.3. The molecule has 8 nitrogen and oxygen atoms in total. The van der Waals surface area contributed by atoms with Crippen LogP contribution in [0.4, 0.5) is 5.69 Å². The number of rotatable bonds is 13. The van der Waals surface area contributed by atoms with E-state index in [1.165, 1.54) is 9.21 Å². The van der Waals surface area contributed by atoms with Gasteiger partial charge in [-0.15, -0.1) is 0 Å². The number of sulfonamides is 1. The molecule has 2 aromatic rings. The molecule has 0 fully saturated rings. The van der Waals surface area contributed by atoms with Gasteiger partial charge in [0, 0.05) is 31.1 Å². The number of carbonyl (C=O) groups excluding carboxylic acids is 2. The first kappa shape index (κ1) is 28.5. The number of ether oxygens (including phenoxy) is 1. The highest BCUT2D eigenvalue weighted by Gasteiger charge is 2.27. The molecule has 0 aromatic heterocycles. The molecule has 1 atom stereocenters. The van der Waals surface area contributed by atoms with Gasteiger partial charge in [0.05, 0.1) is 18.6 Å². The Hall–Kier alpha value is -2.78. The fourth-order valence-corrected chi connectivity index (χ4v) is 4.71. The Labute approximate surface area is 213 Å². The lowest BCUT2D eigenvalue weighted by Crippen LogP contribution is -2.47. The first-order chi connectivity index (χ1) is 16.6. The van der Waals surface area contributed by atoms with Crippen LogP contribution in [0.1, 0.15) is 39.2 Å². The van der Waals surface area contributed by atoms with E-state index < -0.39 is 16.1 Å².